The van der Waals surface area contributed by atoms with Crippen molar-refractivity contribution in [3.63, 3.8) is 0 Å². The topological polar surface area (TPSA) is 151 Å². The van der Waals surface area contributed by atoms with Crippen molar-refractivity contribution < 1.29 is 45.4 Å². The molecule has 1 atom stereocenters. The van der Waals surface area contributed by atoms with E-state index in [1.54, 1.807) is 24.4 Å². The Kier molecular flexibility index (Phi) is 12.1. The number of rotatable bonds is 13. The average Bonchev–Trinajstić information content (AvgIpc) is 3.12. The number of hydrogen-bond acceptors (Lipinski definition) is 10. The van der Waals surface area contributed by atoms with E-state index in [1.807, 2.05) is 0 Å². The number of ether oxygens (including phenoxy) is 3. The molecule has 6 rings (SSSR count). The molecule has 3 aromatic carbocycles. The number of fused-ring (bicyclic) bond motifs is 1. The number of nitrogens with zero attached hydrogens (tertiary/aromatic N) is 3. The first-order valence-corrected chi connectivity index (χ1v) is 19.8. The van der Waals surface area contributed by atoms with Crippen molar-refractivity contribution in [2.75, 3.05) is 49.6 Å². The molecule has 0 saturated carbocycles. The number of carbonyl (C=O) groups excluding carboxylic acids is 2. The Morgan fingerprint density at radius 2 is 1.76 bits per heavy atom. The molecule has 4 aromatic rings. The zero-order valence-electron chi connectivity index (χ0n) is 29.7. The van der Waals surface area contributed by atoms with Crippen molar-refractivity contribution in [2.24, 2.45) is 0 Å². The van der Waals surface area contributed by atoms with E-state index in [0.29, 0.717) is 51.9 Å². The van der Waals surface area contributed by atoms with Crippen molar-refractivity contribution in [2.45, 2.75) is 24.6 Å². The number of carbonyl (C=O) groups is 2. The second kappa shape index (κ2) is 16.9. The summed E-state index contributed by atoms with van der Waals surface area (Å²) in [5.74, 6) is -3.03. The molecule has 0 aliphatic carbocycles. The van der Waals surface area contributed by atoms with Crippen molar-refractivity contribution in [3.05, 3.63) is 101 Å². The fraction of sp³-hybridized carbons (Fsp3) is 0.270. The predicted molar refractivity (Wildman–Crippen MR) is 203 cm³/mol. The van der Waals surface area contributed by atoms with Crippen LogP contribution in [0.15, 0.2) is 78.4 Å². The summed E-state index contributed by atoms with van der Waals surface area (Å²) in [4.78, 5) is 32.8. The number of urea groups is 1. The zero-order chi connectivity index (χ0) is 39.3. The highest BCUT2D eigenvalue weighted by atomic mass is 32.2. The van der Waals surface area contributed by atoms with Crippen LogP contribution in [0.3, 0.4) is 0 Å². The molecule has 2 aliphatic rings. The molecule has 13 nitrogen and oxygen atoms in total. The number of aromatic nitrogens is 1. The standard InChI is InChI=1S/C37H37F3N6O7S2/c1-22-8-13-45(14-9-22)12-4-15-52-33-21-29-25(20-32(33)51-2)31(7-11-41-29)53-24-5-6-28(30(19-24)44-55(3,49)50)42-37(48)43-46-34(47)10-16-54-36(46)35-26(39)17-23(38)18-27(35)40/h5-7,10-11,16-21,36,44H,1,4,8-9,12-15H2,2-3H3,(H2,42,43,48). The quantitative estimate of drug-likeness (QED) is 0.0947. The predicted octanol–water partition coefficient (Wildman–Crippen LogP) is 7.07. The van der Waals surface area contributed by atoms with Gasteiger partial charge in [-0.05, 0) is 48.9 Å². The van der Waals surface area contributed by atoms with E-state index in [-0.39, 0.29) is 17.1 Å². The highest BCUT2D eigenvalue weighted by Gasteiger charge is 2.33. The van der Waals surface area contributed by atoms with Crippen molar-refractivity contribution in [1.29, 1.82) is 0 Å². The molecule has 1 unspecified atom stereocenters. The van der Waals surface area contributed by atoms with E-state index in [1.165, 1.54) is 36.3 Å². The van der Waals surface area contributed by atoms with Crippen molar-refractivity contribution >= 4 is 56.0 Å². The first-order valence-electron chi connectivity index (χ1n) is 16.9. The molecule has 0 radical (unpaired) electrons. The van der Waals surface area contributed by atoms with Gasteiger partial charge in [0.05, 0.1) is 42.4 Å². The molecule has 3 heterocycles. The largest absolute Gasteiger partial charge is 0.493 e. The van der Waals surface area contributed by atoms with E-state index in [4.69, 9.17) is 14.2 Å². The molecule has 2 aliphatic heterocycles. The van der Waals surface area contributed by atoms with Crippen LogP contribution in [0.4, 0.5) is 29.3 Å². The molecule has 0 spiro atoms. The van der Waals surface area contributed by atoms with Crippen LogP contribution < -0.4 is 29.7 Å². The lowest BCUT2D eigenvalue weighted by Gasteiger charge is -2.32. The van der Waals surface area contributed by atoms with Crippen LogP contribution in [-0.4, -0.2) is 74.9 Å². The first kappa shape index (κ1) is 39.2. The lowest BCUT2D eigenvalue weighted by Crippen LogP contribution is -2.49. The van der Waals surface area contributed by atoms with Gasteiger partial charge in [-0.25, -0.2) is 36.8 Å². The van der Waals surface area contributed by atoms with Crippen molar-refractivity contribution in [1.82, 2.24) is 20.3 Å². The Morgan fingerprint density at radius 3 is 2.47 bits per heavy atom. The SMILES string of the molecule is C=C1CCN(CCCOc2cc3nccc(Oc4ccc(NC(=O)NN5C(=O)C=CSC5c5c(F)cc(F)cc5F)c(NS(C)(=O)=O)c4)c3cc2OC)CC1. The third-order valence-electron chi connectivity index (χ3n) is 8.59. The lowest BCUT2D eigenvalue weighted by molar-refractivity contribution is -0.129. The molecular weight excluding hydrogens is 762 g/mol. The summed E-state index contributed by atoms with van der Waals surface area (Å²) < 4.78 is 87.8. The van der Waals surface area contributed by atoms with E-state index in [2.05, 4.69) is 31.9 Å². The van der Waals surface area contributed by atoms with Gasteiger partial charge in [0.1, 0.15) is 34.3 Å². The fourth-order valence-corrected chi connectivity index (χ4v) is 7.50. The summed E-state index contributed by atoms with van der Waals surface area (Å²) in [5.41, 5.74) is 3.24. The molecule has 18 heteroatoms. The Labute approximate surface area is 319 Å². The molecule has 3 N–H and O–H groups in total. The average molecular weight is 799 g/mol. The van der Waals surface area contributed by atoms with Crippen molar-refractivity contribution in [3.8, 4) is 23.0 Å². The van der Waals surface area contributed by atoms with Gasteiger partial charge >= 0.3 is 6.03 Å². The summed E-state index contributed by atoms with van der Waals surface area (Å²) in [5, 5.41) is 3.52. The molecule has 1 fully saturated rings. The van der Waals surface area contributed by atoms with Crippen LogP contribution >= 0.6 is 11.8 Å². The number of thioether (sulfide) groups is 1. The molecule has 55 heavy (non-hydrogen) atoms. The number of halogens is 3. The van der Waals surface area contributed by atoms with Gasteiger partial charge in [-0.3, -0.25) is 14.5 Å². The van der Waals surface area contributed by atoms with Gasteiger partial charge < -0.3 is 24.4 Å². The van der Waals surface area contributed by atoms with E-state index >= 15 is 0 Å². The number of anilines is 2. The second-order valence-corrected chi connectivity index (χ2v) is 15.4. The molecule has 1 saturated heterocycles. The van der Waals surface area contributed by atoms with Gasteiger partial charge in [0.15, 0.2) is 11.5 Å². The van der Waals surface area contributed by atoms with Gasteiger partial charge in [-0.1, -0.05) is 12.2 Å². The van der Waals surface area contributed by atoms with Crippen LogP contribution in [-0.2, 0) is 14.8 Å². The number of benzene rings is 3. The molecular formula is C37H37F3N6O7S2. The highest BCUT2D eigenvalue weighted by Crippen LogP contribution is 2.40. The third-order valence-corrected chi connectivity index (χ3v) is 10.2. The maximum absolute atomic E-state index is 14.7. The van der Waals surface area contributed by atoms with E-state index in [0.717, 1.165) is 63.0 Å². The molecule has 0 bridgehead atoms. The van der Waals surface area contributed by atoms with Gasteiger partial charge in [-0.2, -0.15) is 0 Å². The normalized spacial score (nSPS) is 16.2. The second-order valence-electron chi connectivity index (χ2n) is 12.7. The third kappa shape index (κ3) is 9.81. The number of pyridine rings is 1. The van der Waals surface area contributed by atoms with Crippen LogP contribution in [0.1, 0.15) is 30.2 Å². The Hall–Kier alpha value is -5.46. The number of nitrogens with one attached hydrogen (secondary N) is 3. The van der Waals surface area contributed by atoms with Crippen LogP contribution in [0.2, 0.25) is 0 Å². The summed E-state index contributed by atoms with van der Waals surface area (Å²) in [6.07, 6.45) is 6.36. The van der Waals surface area contributed by atoms with Gasteiger partial charge in [0.2, 0.25) is 10.0 Å². The number of amides is 3. The van der Waals surface area contributed by atoms with Gasteiger partial charge in [0.25, 0.3) is 5.91 Å². The highest BCUT2D eigenvalue weighted by molar-refractivity contribution is 8.02. The lowest BCUT2D eigenvalue weighted by atomic mass is 10.1. The Balaban J connectivity index is 1.18. The number of sulfonamides is 1. The summed E-state index contributed by atoms with van der Waals surface area (Å²) in [6, 6.07) is 9.08. The monoisotopic (exact) mass is 798 g/mol. The smallest absolute Gasteiger partial charge is 0.338 e. The zero-order valence-corrected chi connectivity index (χ0v) is 31.4. The molecule has 3 amide bonds. The minimum absolute atomic E-state index is 0.0626. The van der Waals surface area contributed by atoms with Crippen LogP contribution in [0, 0.1) is 17.5 Å². The summed E-state index contributed by atoms with van der Waals surface area (Å²) in [6.45, 7) is 7.44. The number of hydrazine groups is 1. The first-order chi connectivity index (χ1) is 26.3. The maximum atomic E-state index is 14.7. The minimum Gasteiger partial charge on any atom is -0.493 e. The minimum atomic E-state index is -3.90. The number of methoxy groups -OCH3 is 1. The van der Waals surface area contributed by atoms with Gasteiger partial charge in [-0.15, -0.1) is 11.8 Å². The Morgan fingerprint density at radius 1 is 1.02 bits per heavy atom. The Bertz CT molecular complexity index is 2240. The summed E-state index contributed by atoms with van der Waals surface area (Å²) >= 11 is 0.786. The number of hydrogen-bond donors (Lipinski definition) is 3. The van der Waals surface area contributed by atoms with E-state index < -0.39 is 50.4 Å². The van der Waals surface area contributed by atoms with Gasteiger partial charge in [0, 0.05) is 61.6 Å². The van der Waals surface area contributed by atoms with Crippen LogP contribution in [0.5, 0.6) is 23.0 Å². The number of likely N-dealkylation sites (tertiary alicyclic amines) is 1. The number of piperidine rings is 1. The molecule has 290 valence electrons. The fourth-order valence-electron chi connectivity index (χ4n) is 5.95. The molecule has 1 aromatic heterocycles. The summed E-state index contributed by atoms with van der Waals surface area (Å²) in [7, 11) is -2.38. The maximum Gasteiger partial charge on any atom is 0.338 e. The van der Waals surface area contributed by atoms with Crippen LogP contribution in [0.25, 0.3) is 10.9 Å². The van der Waals surface area contributed by atoms with E-state index in [9.17, 15) is 31.2 Å².